The van der Waals surface area contributed by atoms with E-state index in [1.807, 2.05) is 18.2 Å². The van der Waals surface area contributed by atoms with Gasteiger partial charge >= 0.3 is 5.78 Å². The van der Waals surface area contributed by atoms with Crippen LogP contribution >= 0.6 is 11.3 Å². The Bertz CT molecular complexity index is 1440. The number of para-hydroxylation sites is 1. The van der Waals surface area contributed by atoms with E-state index in [9.17, 15) is 0 Å². The van der Waals surface area contributed by atoms with Crippen molar-refractivity contribution in [3.8, 4) is 32.1 Å². The van der Waals surface area contributed by atoms with Crippen LogP contribution in [0.5, 0.6) is 0 Å². The zero-order chi connectivity index (χ0) is 23.9. The molecule has 0 fully saturated rings. The number of pyridine rings is 1. The molecule has 0 saturated heterocycles. The standard InChI is InChI=1S/C25H16NS.C5H8O2.Ir/c1-3-9-18(10-4-1)21-17-23(26-22-14-8-7-13-20(21)22)25-16-15-24(27-25)19-11-5-2-6-12-19;1-4(6)3-5(2)7;/h1-15,17H;3,6H,1-2H3;/q-1;;/p+1. The summed E-state index contributed by atoms with van der Waals surface area (Å²) in [5.74, 6) is 0.250. The van der Waals surface area contributed by atoms with E-state index in [4.69, 9.17) is 14.9 Å². The Labute approximate surface area is 223 Å². The summed E-state index contributed by atoms with van der Waals surface area (Å²) in [7, 11) is 0. The molecule has 1 radical (unpaired) electrons. The molecule has 2 heterocycles. The molecule has 0 aliphatic carbocycles. The van der Waals surface area contributed by atoms with Gasteiger partial charge in [0.2, 0.25) is 0 Å². The number of benzene rings is 3. The monoisotopic (exact) mass is 656 g/mol. The van der Waals surface area contributed by atoms with Gasteiger partial charge in [0.1, 0.15) is 0 Å². The molecule has 5 aromatic rings. The van der Waals surface area contributed by atoms with E-state index < -0.39 is 0 Å². The Morgan fingerprint density at radius 1 is 0.886 bits per heavy atom. The Morgan fingerprint density at radius 2 is 1.49 bits per heavy atom. The number of nitrogens with zero attached hydrogens (tertiary/aromatic N) is 1. The summed E-state index contributed by atoms with van der Waals surface area (Å²) in [6.07, 6.45) is 1.28. The first-order valence-electron chi connectivity index (χ1n) is 10.9. The van der Waals surface area contributed by atoms with Gasteiger partial charge < -0.3 is 10.1 Å². The van der Waals surface area contributed by atoms with Crippen LogP contribution in [0, 0.1) is 6.07 Å². The van der Waals surface area contributed by atoms with Gasteiger partial charge in [0.25, 0.3) is 0 Å². The summed E-state index contributed by atoms with van der Waals surface area (Å²) < 4.78 is 0. The number of aliphatic hydroxyl groups excluding tert-OH is 1. The van der Waals surface area contributed by atoms with Gasteiger partial charge in [0.15, 0.2) is 0 Å². The second-order valence-electron chi connectivity index (χ2n) is 7.82. The van der Waals surface area contributed by atoms with Crippen LogP contribution in [0.25, 0.3) is 43.0 Å². The van der Waals surface area contributed by atoms with Crippen LogP contribution < -0.4 is 0 Å². The fourth-order valence-corrected chi connectivity index (χ4v) is 4.54. The average Bonchev–Trinajstić information content (AvgIpc) is 3.34. The van der Waals surface area contributed by atoms with Crippen molar-refractivity contribution in [3.05, 3.63) is 115 Å². The molecule has 2 aromatic heterocycles. The molecule has 0 atom stereocenters. The third-order valence-electron chi connectivity index (χ3n) is 5.06. The van der Waals surface area contributed by atoms with E-state index in [2.05, 4.69) is 84.9 Å². The van der Waals surface area contributed by atoms with Gasteiger partial charge in [0, 0.05) is 25.5 Å². The maximum atomic E-state index is 8.40. The summed E-state index contributed by atoms with van der Waals surface area (Å²) >= 11 is 1.73. The largest absolute Gasteiger partial charge is 0.512 e. The van der Waals surface area contributed by atoms with Gasteiger partial charge in [-0.15, -0.1) is 0 Å². The van der Waals surface area contributed by atoms with Gasteiger partial charge in [-0.05, 0) is 29.8 Å². The third-order valence-corrected chi connectivity index (χ3v) is 6.16. The predicted octanol–water partition coefficient (Wildman–Crippen LogP) is 8.11. The molecule has 0 saturated carbocycles. The maximum absolute atomic E-state index is 8.40. The van der Waals surface area contributed by atoms with Crippen LogP contribution in [0.1, 0.15) is 13.8 Å². The first-order valence-corrected chi connectivity index (χ1v) is 11.7. The molecular formula is C30H25IrNO2S. The van der Waals surface area contributed by atoms with Crippen LogP contribution in [0.4, 0.5) is 0 Å². The zero-order valence-corrected chi connectivity index (χ0v) is 22.6. The molecule has 177 valence electrons. The second kappa shape index (κ2) is 12.4. The molecule has 0 unspecified atom stereocenters. The Balaban J connectivity index is 0.000000378. The predicted molar refractivity (Wildman–Crippen MR) is 144 cm³/mol. The number of fused-ring (bicyclic) bond motifs is 1. The fraction of sp³-hybridized carbons (Fsp3) is 0.0667. The van der Waals surface area contributed by atoms with Crippen molar-refractivity contribution in [1.82, 2.24) is 4.98 Å². The zero-order valence-electron chi connectivity index (χ0n) is 19.4. The summed E-state index contributed by atoms with van der Waals surface area (Å²) in [5, 5.41) is 9.58. The van der Waals surface area contributed by atoms with Crippen molar-refractivity contribution in [2.45, 2.75) is 13.8 Å². The van der Waals surface area contributed by atoms with Crippen molar-refractivity contribution in [1.29, 1.82) is 0 Å². The van der Waals surface area contributed by atoms with E-state index in [1.165, 1.54) is 46.9 Å². The van der Waals surface area contributed by atoms with Gasteiger partial charge in [-0.1, -0.05) is 100 Å². The number of thiophene rings is 1. The maximum Gasteiger partial charge on any atom is 0.316 e. The van der Waals surface area contributed by atoms with Crippen molar-refractivity contribution >= 4 is 28.0 Å². The Morgan fingerprint density at radius 3 is 2.09 bits per heavy atom. The van der Waals surface area contributed by atoms with Crippen molar-refractivity contribution in [2.24, 2.45) is 0 Å². The number of carbonyl (C=O) groups excluding carboxylic acids is 1. The first kappa shape index (κ1) is 26.2. The van der Waals surface area contributed by atoms with Crippen LogP contribution in [-0.4, -0.2) is 20.7 Å². The number of hydrogen-bond acceptors (Lipinski definition) is 3. The van der Waals surface area contributed by atoms with Crippen molar-refractivity contribution < 1.29 is 30.0 Å². The van der Waals surface area contributed by atoms with Gasteiger partial charge in [-0.2, -0.15) is 12.1 Å². The van der Waals surface area contributed by atoms with Gasteiger partial charge in [-0.3, -0.25) is 4.79 Å². The molecule has 3 aromatic carbocycles. The summed E-state index contributed by atoms with van der Waals surface area (Å²) in [6, 6.07) is 37.0. The van der Waals surface area contributed by atoms with E-state index in [-0.39, 0.29) is 31.6 Å². The van der Waals surface area contributed by atoms with Gasteiger partial charge in [-0.25, -0.2) is 11.3 Å². The fourth-order valence-electron chi connectivity index (χ4n) is 3.62. The quantitative estimate of drug-likeness (QED) is 0.0921. The summed E-state index contributed by atoms with van der Waals surface area (Å²) in [5.41, 5.74) is 5.61. The normalized spacial score (nSPS) is 10.7. The summed E-state index contributed by atoms with van der Waals surface area (Å²) in [6.45, 7) is 3.00. The average molecular weight is 656 g/mol. The topological polar surface area (TPSA) is 54.5 Å². The molecule has 0 bridgehead atoms. The molecule has 3 nitrogen and oxygen atoms in total. The molecule has 0 amide bonds. The molecule has 35 heavy (non-hydrogen) atoms. The molecule has 0 spiro atoms. The number of ketones is 1. The van der Waals surface area contributed by atoms with Crippen LogP contribution in [-0.2, 0) is 20.1 Å². The van der Waals surface area contributed by atoms with Crippen LogP contribution in [0.15, 0.2) is 109 Å². The van der Waals surface area contributed by atoms with Gasteiger partial charge in [0.05, 0.1) is 24.3 Å². The minimum atomic E-state index is 0. The third kappa shape index (κ3) is 6.83. The second-order valence-corrected chi connectivity index (χ2v) is 8.87. The number of rotatable bonds is 4. The molecule has 2 N–H and O–H groups in total. The number of hydrogen-bond donors (Lipinski definition) is 1. The van der Waals surface area contributed by atoms with Crippen molar-refractivity contribution in [3.63, 3.8) is 0 Å². The first-order chi connectivity index (χ1) is 16.5. The van der Waals surface area contributed by atoms with E-state index in [1.54, 1.807) is 11.3 Å². The smallest absolute Gasteiger partial charge is 0.316 e. The van der Waals surface area contributed by atoms with E-state index >= 15 is 0 Å². The number of aromatic nitrogens is 1. The van der Waals surface area contributed by atoms with E-state index in [0.29, 0.717) is 0 Å². The summed E-state index contributed by atoms with van der Waals surface area (Å²) in [4.78, 5) is 15.6. The minimum absolute atomic E-state index is 0. The number of aliphatic hydroxyl groups is 1. The molecule has 5 rings (SSSR count). The molecule has 0 aliphatic heterocycles. The minimum Gasteiger partial charge on any atom is -0.512 e. The van der Waals surface area contributed by atoms with Crippen LogP contribution in [0.3, 0.4) is 0 Å². The molecule has 5 heteroatoms. The van der Waals surface area contributed by atoms with Crippen LogP contribution in [0.2, 0.25) is 0 Å². The molecular weight excluding hydrogens is 631 g/mol. The Kier molecular flexibility index (Phi) is 9.27. The van der Waals surface area contributed by atoms with E-state index in [0.717, 1.165) is 16.1 Å². The number of allylic oxidation sites excluding steroid dienone is 2. The Hall–Kier alpha value is -3.37. The van der Waals surface area contributed by atoms with Crippen molar-refractivity contribution in [2.75, 3.05) is 0 Å². The molecule has 0 aliphatic rings. The SMILES string of the molecule is CC(=[OH+])C=C(C)O.[Ir].[c-]1cc(-c2ccccc2)sc1-c1cc(-c2ccccc2)c2ccccc2n1.